The zero-order valence-electron chi connectivity index (χ0n) is 10.3. The molecule has 0 aliphatic heterocycles. The van der Waals surface area contributed by atoms with E-state index >= 15 is 0 Å². The highest BCUT2D eigenvalue weighted by Crippen LogP contribution is 2.42. The van der Waals surface area contributed by atoms with E-state index in [0.29, 0.717) is 12.0 Å². The minimum atomic E-state index is -1.17. The quantitative estimate of drug-likeness (QED) is 0.813. The fourth-order valence-electron chi connectivity index (χ4n) is 2.83. The van der Waals surface area contributed by atoms with Crippen LogP contribution in [0.3, 0.4) is 0 Å². The summed E-state index contributed by atoms with van der Waals surface area (Å²) >= 11 is 0. The molecule has 0 radical (unpaired) electrons. The molecule has 0 bridgehead atoms. The van der Waals surface area contributed by atoms with Crippen LogP contribution >= 0.6 is 0 Å². The van der Waals surface area contributed by atoms with E-state index in [0.717, 1.165) is 23.1 Å². The van der Waals surface area contributed by atoms with Crippen molar-refractivity contribution < 1.29 is 9.50 Å². The van der Waals surface area contributed by atoms with Gasteiger partial charge in [-0.3, -0.25) is 0 Å². The summed E-state index contributed by atoms with van der Waals surface area (Å²) in [7, 11) is 0. The number of fused-ring (bicyclic) bond motifs is 1. The number of hydrogen-bond acceptors (Lipinski definition) is 1. The number of rotatable bonds is 1. The molecule has 0 fully saturated rings. The number of aliphatic hydroxyl groups is 1. The second-order valence-electron chi connectivity index (χ2n) is 5.00. The van der Waals surface area contributed by atoms with Crippen LogP contribution in [0.5, 0.6) is 0 Å². The van der Waals surface area contributed by atoms with Crippen molar-refractivity contribution in [2.75, 3.05) is 0 Å². The molecule has 18 heavy (non-hydrogen) atoms. The molecule has 1 unspecified atom stereocenters. The fourth-order valence-corrected chi connectivity index (χ4v) is 2.83. The smallest absolute Gasteiger partial charge is 0.129 e. The van der Waals surface area contributed by atoms with E-state index in [1.54, 1.807) is 12.1 Å². The van der Waals surface area contributed by atoms with Crippen LogP contribution in [0.15, 0.2) is 42.5 Å². The van der Waals surface area contributed by atoms with Crippen molar-refractivity contribution in [1.29, 1.82) is 0 Å². The topological polar surface area (TPSA) is 20.2 Å². The van der Waals surface area contributed by atoms with Crippen LogP contribution in [0.1, 0.15) is 28.7 Å². The lowest BCUT2D eigenvalue weighted by Gasteiger charge is -2.25. The highest BCUT2D eigenvalue weighted by Gasteiger charge is 2.39. The summed E-state index contributed by atoms with van der Waals surface area (Å²) in [6, 6.07) is 12.6. The largest absolute Gasteiger partial charge is 0.380 e. The summed E-state index contributed by atoms with van der Waals surface area (Å²) < 4.78 is 14.0. The average Bonchev–Trinajstić information content (AvgIpc) is 2.72. The third-order valence-electron chi connectivity index (χ3n) is 3.79. The van der Waals surface area contributed by atoms with E-state index in [2.05, 4.69) is 0 Å². The summed E-state index contributed by atoms with van der Waals surface area (Å²) in [6.45, 7) is 1.91. The molecule has 2 aromatic rings. The predicted octanol–water partition coefficient (Wildman–Crippen LogP) is 3.32. The Bertz CT molecular complexity index is 606. The minimum absolute atomic E-state index is 0.334. The Balaban J connectivity index is 2.20. The van der Waals surface area contributed by atoms with Crippen molar-refractivity contribution in [2.24, 2.45) is 0 Å². The third kappa shape index (κ3) is 1.57. The molecule has 92 valence electrons. The van der Waals surface area contributed by atoms with Crippen molar-refractivity contribution in [3.8, 4) is 0 Å². The lowest BCUT2D eigenvalue weighted by molar-refractivity contribution is 0.0788. The highest BCUT2D eigenvalue weighted by molar-refractivity contribution is 5.46. The Morgan fingerprint density at radius 1 is 1.11 bits per heavy atom. The maximum atomic E-state index is 14.0. The van der Waals surface area contributed by atoms with Crippen molar-refractivity contribution in [3.63, 3.8) is 0 Å². The van der Waals surface area contributed by atoms with Gasteiger partial charge < -0.3 is 5.11 Å². The molecule has 0 saturated carbocycles. The van der Waals surface area contributed by atoms with E-state index in [1.807, 2.05) is 31.2 Å². The second kappa shape index (κ2) is 3.92. The van der Waals surface area contributed by atoms with E-state index in [1.165, 1.54) is 6.07 Å². The van der Waals surface area contributed by atoms with Crippen molar-refractivity contribution in [3.05, 3.63) is 70.5 Å². The average molecular weight is 242 g/mol. The molecular weight excluding hydrogens is 227 g/mol. The zero-order chi connectivity index (χ0) is 12.8. The first kappa shape index (κ1) is 11.4. The van der Waals surface area contributed by atoms with Crippen LogP contribution in [-0.2, 0) is 12.0 Å². The maximum Gasteiger partial charge on any atom is 0.129 e. The van der Waals surface area contributed by atoms with E-state index in [-0.39, 0.29) is 5.82 Å². The van der Waals surface area contributed by atoms with Crippen molar-refractivity contribution in [2.45, 2.75) is 25.4 Å². The van der Waals surface area contributed by atoms with Gasteiger partial charge in [0.05, 0.1) is 0 Å². The number of hydrogen-bond donors (Lipinski definition) is 1. The first-order valence-electron chi connectivity index (χ1n) is 6.19. The molecule has 1 nitrogen and oxygen atoms in total. The molecule has 0 saturated heterocycles. The van der Waals surface area contributed by atoms with Gasteiger partial charge in [-0.1, -0.05) is 35.9 Å². The van der Waals surface area contributed by atoms with Gasteiger partial charge in [-0.05, 0) is 43.0 Å². The summed E-state index contributed by atoms with van der Waals surface area (Å²) in [4.78, 5) is 0. The third-order valence-corrected chi connectivity index (χ3v) is 3.79. The molecule has 0 amide bonds. The summed E-state index contributed by atoms with van der Waals surface area (Å²) in [5, 5.41) is 10.9. The first-order valence-corrected chi connectivity index (χ1v) is 6.19. The van der Waals surface area contributed by atoms with Gasteiger partial charge in [-0.2, -0.15) is 0 Å². The molecule has 0 heterocycles. The maximum absolute atomic E-state index is 14.0. The van der Waals surface area contributed by atoms with E-state index in [4.69, 9.17) is 0 Å². The molecule has 3 rings (SSSR count). The van der Waals surface area contributed by atoms with Crippen molar-refractivity contribution >= 4 is 0 Å². The van der Waals surface area contributed by atoms with Gasteiger partial charge in [-0.25, -0.2) is 4.39 Å². The first-order chi connectivity index (χ1) is 8.61. The highest BCUT2D eigenvalue weighted by atomic mass is 19.1. The molecule has 1 aliphatic rings. The normalized spacial score (nSPS) is 21.9. The van der Waals surface area contributed by atoms with Gasteiger partial charge in [0.2, 0.25) is 0 Å². The van der Waals surface area contributed by atoms with Gasteiger partial charge >= 0.3 is 0 Å². The van der Waals surface area contributed by atoms with E-state index < -0.39 is 5.60 Å². The molecule has 1 atom stereocenters. The van der Waals surface area contributed by atoms with Crippen LogP contribution in [-0.4, -0.2) is 5.11 Å². The van der Waals surface area contributed by atoms with Crippen molar-refractivity contribution in [1.82, 2.24) is 0 Å². The van der Waals surface area contributed by atoms with Gasteiger partial charge in [0, 0.05) is 5.56 Å². The van der Waals surface area contributed by atoms with Crippen LogP contribution in [0.25, 0.3) is 0 Å². The molecular formula is C16H15FO. The second-order valence-corrected chi connectivity index (χ2v) is 5.00. The van der Waals surface area contributed by atoms with Crippen LogP contribution in [0.2, 0.25) is 0 Å². The Kier molecular flexibility index (Phi) is 2.49. The minimum Gasteiger partial charge on any atom is -0.380 e. The number of aryl methyl sites for hydroxylation is 2. The lowest BCUT2D eigenvalue weighted by Crippen LogP contribution is -2.25. The summed E-state index contributed by atoms with van der Waals surface area (Å²) in [5.74, 6) is -0.334. The van der Waals surface area contributed by atoms with E-state index in [9.17, 15) is 9.50 Å². The Hall–Kier alpha value is -1.67. The molecule has 0 aromatic heterocycles. The van der Waals surface area contributed by atoms with Gasteiger partial charge in [0.15, 0.2) is 0 Å². The molecule has 0 spiro atoms. The fraction of sp³-hybridized carbons (Fsp3) is 0.250. The lowest BCUT2D eigenvalue weighted by atomic mass is 9.87. The Morgan fingerprint density at radius 2 is 1.89 bits per heavy atom. The van der Waals surface area contributed by atoms with Gasteiger partial charge in [0.1, 0.15) is 11.4 Å². The Labute approximate surface area is 106 Å². The summed E-state index contributed by atoms with van der Waals surface area (Å²) in [5.41, 5.74) is 2.14. The Morgan fingerprint density at radius 3 is 2.72 bits per heavy atom. The SMILES string of the molecule is Cc1ccc(F)c(C2(O)CCc3ccccc32)c1. The monoisotopic (exact) mass is 242 g/mol. The number of halogens is 1. The summed E-state index contributed by atoms with van der Waals surface area (Å²) in [6.07, 6.45) is 1.34. The number of benzene rings is 2. The predicted molar refractivity (Wildman–Crippen MR) is 68.9 cm³/mol. The van der Waals surface area contributed by atoms with Crippen LogP contribution in [0, 0.1) is 12.7 Å². The van der Waals surface area contributed by atoms with Crippen LogP contribution in [0.4, 0.5) is 4.39 Å². The van der Waals surface area contributed by atoms with Crippen LogP contribution < -0.4 is 0 Å². The zero-order valence-corrected chi connectivity index (χ0v) is 10.3. The molecule has 2 aromatic carbocycles. The molecule has 1 N–H and O–H groups in total. The molecule has 1 aliphatic carbocycles. The standard InChI is InChI=1S/C16H15FO/c1-11-6-7-15(17)14(10-11)16(18)9-8-12-4-2-3-5-13(12)16/h2-7,10,18H,8-9H2,1H3. The van der Waals surface area contributed by atoms with Gasteiger partial charge in [0.25, 0.3) is 0 Å². The van der Waals surface area contributed by atoms with Gasteiger partial charge in [-0.15, -0.1) is 0 Å². The molecule has 2 heteroatoms.